The van der Waals surface area contributed by atoms with Gasteiger partial charge in [0.1, 0.15) is 6.54 Å². The Labute approximate surface area is 137 Å². The predicted molar refractivity (Wildman–Crippen MR) is 91.1 cm³/mol. The molecule has 2 aromatic carbocycles. The summed E-state index contributed by atoms with van der Waals surface area (Å²) < 4.78 is 1.48. The molecule has 6 heteroatoms. The fourth-order valence-corrected chi connectivity index (χ4v) is 2.41. The Bertz CT molecular complexity index is 975. The lowest BCUT2D eigenvalue weighted by molar-refractivity contribution is -0.116. The van der Waals surface area contributed by atoms with E-state index in [1.54, 1.807) is 48.5 Å². The van der Waals surface area contributed by atoms with Gasteiger partial charge in [0.2, 0.25) is 11.3 Å². The molecule has 0 aliphatic carbocycles. The van der Waals surface area contributed by atoms with Gasteiger partial charge in [-0.25, -0.2) is 0 Å². The van der Waals surface area contributed by atoms with Gasteiger partial charge in [-0.2, -0.15) is 5.10 Å². The van der Waals surface area contributed by atoms with Crippen LogP contribution in [-0.2, 0) is 11.3 Å². The van der Waals surface area contributed by atoms with E-state index in [0.717, 1.165) is 0 Å². The van der Waals surface area contributed by atoms with Crippen LogP contribution in [0.1, 0.15) is 17.3 Å². The Kier molecular flexibility index (Phi) is 4.20. The molecule has 3 aromatic rings. The van der Waals surface area contributed by atoms with E-state index < -0.39 is 0 Å². The molecule has 3 rings (SSSR count). The van der Waals surface area contributed by atoms with Crippen LogP contribution in [0.2, 0.25) is 0 Å². The van der Waals surface area contributed by atoms with E-state index >= 15 is 0 Å². The summed E-state index contributed by atoms with van der Waals surface area (Å²) in [7, 11) is 0. The van der Waals surface area contributed by atoms with Gasteiger partial charge < -0.3 is 5.32 Å². The number of benzene rings is 2. The number of Topliss-reactive ketones (excluding diaryl/α,β-unsaturated/α-hetero) is 1. The van der Waals surface area contributed by atoms with Gasteiger partial charge in [0.25, 0.3) is 0 Å². The quantitative estimate of drug-likeness (QED) is 0.747. The first-order valence-electron chi connectivity index (χ1n) is 7.40. The van der Waals surface area contributed by atoms with Gasteiger partial charge in [-0.05, 0) is 43.3 Å². The minimum absolute atomic E-state index is 0.0186. The molecule has 0 aliphatic rings. The maximum Gasteiger partial charge on any atom is 0.246 e. The number of hydrogen-bond donors (Lipinski definition) is 1. The average molecular weight is 321 g/mol. The number of hydrogen-bond acceptors (Lipinski definition) is 4. The fraction of sp³-hybridized carbons (Fsp3) is 0.111. The molecule has 120 valence electrons. The van der Waals surface area contributed by atoms with Crippen LogP contribution in [0.15, 0.2) is 59.5 Å². The van der Waals surface area contributed by atoms with Crippen LogP contribution in [0, 0.1) is 0 Å². The van der Waals surface area contributed by atoms with Crippen LogP contribution in [-0.4, -0.2) is 21.5 Å². The molecule has 24 heavy (non-hydrogen) atoms. The summed E-state index contributed by atoms with van der Waals surface area (Å²) in [5.74, 6) is -0.302. The van der Waals surface area contributed by atoms with Crippen molar-refractivity contribution in [2.75, 3.05) is 5.32 Å². The molecule has 1 amide bonds. The maximum atomic E-state index is 12.2. The number of anilines is 1. The molecule has 1 heterocycles. The van der Waals surface area contributed by atoms with Crippen molar-refractivity contribution in [1.82, 2.24) is 9.78 Å². The second kappa shape index (κ2) is 6.45. The van der Waals surface area contributed by atoms with Crippen LogP contribution in [0.5, 0.6) is 0 Å². The zero-order chi connectivity index (χ0) is 17.1. The molecule has 0 unspecified atom stereocenters. The Balaban J connectivity index is 1.79. The van der Waals surface area contributed by atoms with Crippen molar-refractivity contribution >= 4 is 28.3 Å². The number of fused-ring (bicyclic) bond motifs is 1. The molecule has 0 radical (unpaired) electrons. The normalized spacial score (nSPS) is 10.5. The standard InChI is InChI=1S/C18H15N3O3/c1-12(22)13-6-8-14(9-7-13)20-18(24)11-21-16-5-3-2-4-15(16)17(23)10-19-21/h2-10H,11H2,1H3,(H,20,24). The van der Waals surface area contributed by atoms with Gasteiger partial charge in [0.15, 0.2) is 5.78 Å². The van der Waals surface area contributed by atoms with Crippen molar-refractivity contribution in [1.29, 1.82) is 0 Å². The van der Waals surface area contributed by atoms with Crippen LogP contribution in [0.4, 0.5) is 5.69 Å². The average Bonchev–Trinajstić information content (AvgIpc) is 2.58. The Hall–Kier alpha value is -3.28. The second-order valence-electron chi connectivity index (χ2n) is 5.37. The predicted octanol–water partition coefficient (Wildman–Crippen LogP) is 2.24. The van der Waals surface area contributed by atoms with Crippen molar-refractivity contribution in [3.05, 3.63) is 70.5 Å². The van der Waals surface area contributed by atoms with E-state index in [1.165, 1.54) is 17.8 Å². The maximum absolute atomic E-state index is 12.2. The number of nitrogens with one attached hydrogen (secondary N) is 1. The molecule has 0 bridgehead atoms. The number of aromatic nitrogens is 2. The summed E-state index contributed by atoms with van der Waals surface area (Å²) >= 11 is 0. The van der Waals surface area contributed by atoms with Gasteiger partial charge in [-0.15, -0.1) is 0 Å². The molecule has 1 aromatic heterocycles. The first-order chi connectivity index (χ1) is 11.5. The summed E-state index contributed by atoms with van der Waals surface area (Å²) in [6.07, 6.45) is 1.21. The van der Waals surface area contributed by atoms with Gasteiger partial charge >= 0.3 is 0 Å². The number of amides is 1. The van der Waals surface area contributed by atoms with Gasteiger partial charge in [0, 0.05) is 16.6 Å². The van der Waals surface area contributed by atoms with Crippen molar-refractivity contribution in [3.63, 3.8) is 0 Å². The summed E-state index contributed by atoms with van der Waals surface area (Å²) in [6, 6.07) is 13.7. The molecule has 0 aliphatic heterocycles. The summed E-state index contributed by atoms with van der Waals surface area (Å²) in [6.45, 7) is 1.47. The Morgan fingerprint density at radius 2 is 1.79 bits per heavy atom. The van der Waals surface area contributed by atoms with Crippen molar-refractivity contribution in [2.45, 2.75) is 13.5 Å². The van der Waals surface area contributed by atoms with Crippen molar-refractivity contribution in [3.8, 4) is 0 Å². The fourth-order valence-electron chi connectivity index (χ4n) is 2.41. The third-order valence-electron chi connectivity index (χ3n) is 3.63. The highest BCUT2D eigenvalue weighted by Crippen LogP contribution is 2.11. The van der Waals surface area contributed by atoms with Crippen LogP contribution in [0.25, 0.3) is 10.9 Å². The van der Waals surface area contributed by atoms with E-state index in [0.29, 0.717) is 22.2 Å². The lowest BCUT2D eigenvalue weighted by Crippen LogP contribution is -2.22. The monoisotopic (exact) mass is 321 g/mol. The van der Waals surface area contributed by atoms with Gasteiger partial charge in [-0.1, -0.05) is 12.1 Å². The number of carbonyl (C=O) groups is 2. The minimum Gasteiger partial charge on any atom is -0.324 e. The highest BCUT2D eigenvalue weighted by molar-refractivity contribution is 5.95. The second-order valence-corrected chi connectivity index (χ2v) is 5.37. The van der Waals surface area contributed by atoms with Crippen molar-refractivity contribution < 1.29 is 9.59 Å². The third kappa shape index (κ3) is 3.22. The molecule has 0 atom stereocenters. The highest BCUT2D eigenvalue weighted by atomic mass is 16.2. The van der Waals surface area contributed by atoms with E-state index in [2.05, 4.69) is 10.4 Å². The van der Waals surface area contributed by atoms with Crippen molar-refractivity contribution in [2.24, 2.45) is 0 Å². The first kappa shape index (κ1) is 15.6. The number of ketones is 1. The molecular formula is C18H15N3O3. The zero-order valence-corrected chi connectivity index (χ0v) is 13.0. The lowest BCUT2D eigenvalue weighted by atomic mass is 10.1. The molecule has 1 N–H and O–H groups in total. The molecule has 0 saturated carbocycles. The SMILES string of the molecule is CC(=O)c1ccc(NC(=O)Cn2ncc(=O)c3ccccc32)cc1. The van der Waals surface area contributed by atoms with E-state index in [4.69, 9.17) is 0 Å². The van der Waals surface area contributed by atoms with E-state index in [-0.39, 0.29) is 23.7 Å². The highest BCUT2D eigenvalue weighted by Gasteiger charge is 2.08. The lowest BCUT2D eigenvalue weighted by Gasteiger charge is -2.10. The summed E-state index contributed by atoms with van der Waals surface area (Å²) in [5, 5.41) is 7.29. The number of carbonyl (C=O) groups excluding carboxylic acids is 2. The molecule has 0 saturated heterocycles. The number of para-hydroxylation sites is 1. The van der Waals surface area contributed by atoms with E-state index in [9.17, 15) is 14.4 Å². The molecule has 0 fully saturated rings. The smallest absolute Gasteiger partial charge is 0.246 e. The molecule has 0 spiro atoms. The largest absolute Gasteiger partial charge is 0.324 e. The third-order valence-corrected chi connectivity index (χ3v) is 3.63. The molecule has 6 nitrogen and oxygen atoms in total. The zero-order valence-electron chi connectivity index (χ0n) is 13.0. The van der Waals surface area contributed by atoms with E-state index in [1.807, 2.05) is 0 Å². The number of rotatable bonds is 4. The summed E-state index contributed by atoms with van der Waals surface area (Å²) in [4.78, 5) is 35.3. The minimum atomic E-state index is -0.271. The molecular weight excluding hydrogens is 306 g/mol. The van der Waals surface area contributed by atoms with Crippen LogP contribution < -0.4 is 10.7 Å². The Morgan fingerprint density at radius 3 is 2.50 bits per heavy atom. The number of nitrogens with zero attached hydrogens (tertiary/aromatic N) is 2. The Morgan fingerprint density at radius 1 is 1.08 bits per heavy atom. The van der Waals surface area contributed by atoms with Crippen LogP contribution >= 0.6 is 0 Å². The summed E-state index contributed by atoms with van der Waals surface area (Å²) in [5.41, 5.74) is 1.60. The van der Waals surface area contributed by atoms with Gasteiger partial charge in [-0.3, -0.25) is 19.1 Å². The topological polar surface area (TPSA) is 81.1 Å². The van der Waals surface area contributed by atoms with Gasteiger partial charge in [0.05, 0.1) is 11.7 Å². The van der Waals surface area contributed by atoms with Crippen LogP contribution in [0.3, 0.4) is 0 Å². The first-order valence-corrected chi connectivity index (χ1v) is 7.40.